The smallest absolute Gasteiger partial charge is 0.206 e. The van der Waals surface area contributed by atoms with Crippen LogP contribution < -0.4 is 0 Å². The van der Waals surface area contributed by atoms with E-state index >= 15 is 0 Å². The third-order valence-electron chi connectivity index (χ3n) is 1.53. The van der Waals surface area contributed by atoms with Crippen molar-refractivity contribution in [2.75, 3.05) is 12.4 Å². The molecule has 2 nitrogen and oxygen atoms in total. The summed E-state index contributed by atoms with van der Waals surface area (Å²) in [6.07, 6.45) is 2.76. The maximum atomic E-state index is 11.3. The predicted octanol–water partition coefficient (Wildman–Crippen LogP) is 2.00. The molecule has 0 bridgehead atoms. The number of hydrogen-bond acceptors (Lipinski definition) is 3. The van der Waals surface area contributed by atoms with Crippen LogP contribution in [0.2, 0.25) is 0 Å². The normalized spacial score (nSPS) is 16.1. The Labute approximate surface area is 77.4 Å². The highest BCUT2D eigenvalue weighted by molar-refractivity contribution is 8.00. The van der Waals surface area contributed by atoms with Gasteiger partial charge in [0.15, 0.2) is 5.76 Å². The summed E-state index contributed by atoms with van der Waals surface area (Å²) in [6, 6.07) is 0. The Morgan fingerprint density at radius 1 is 1.75 bits per heavy atom. The quantitative estimate of drug-likeness (QED) is 0.671. The zero-order chi connectivity index (χ0) is 8.97. The molecular formula is C9H14O2S. The third kappa shape index (κ3) is 2.89. The van der Waals surface area contributed by atoms with Crippen LogP contribution in [0.4, 0.5) is 0 Å². The van der Waals surface area contributed by atoms with Gasteiger partial charge in [-0.1, -0.05) is 13.8 Å². The molecule has 0 amide bonds. The summed E-state index contributed by atoms with van der Waals surface area (Å²) in [6.45, 7) is 4.84. The highest BCUT2D eigenvalue weighted by Crippen LogP contribution is 2.15. The molecule has 0 saturated heterocycles. The summed E-state index contributed by atoms with van der Waals surface area (Å²) >= 11 is 1.66. The van der Waals surface area contributed by atoms with Crippen molar-refractivity contribution in [2.24, 2.45) is 0 Å². The number of ether oxygens (including phenoxy) is 1. The Balaban J connectivity index is 2.28. The first-order chi connectivity index (χ1) is 5.70. The van der Waals surface area contributed by atoms with Crippen LogP contribution in [0, 0.1) is 0 Å². The zero-order valence-corrected chi connectivity index (χ0v) is 8.32. The average Bonchev–Trinajstić information content (AvgIpc) is 2.51. The minimum atomic E-state index is 0.131. The molecular weight excluding hydrogens is 172 g/mol. The molecule has 0 aromatic carbocycles. The zero-order valence-electron chi connectivity index (χ0n) is 7.50. The molecule has 0 unspecified atom stereocenters. The van der Waals surface area contributed by atoms with Crippen LogP contribution in [0.5, 0.6) is 0 Å². The lowest BCUT2D eigenvalue weighted by molar-refractivity contribution is -0.116. The van der Waals surface area contributed by atoms with Crippen molar-refractivity contribution in [3.8, 4) is 0 Å². The van der Waals surface area contributed by atoms with Crippen LogP contribution in [0.25, 0.3) is 0 Å². The molecule has 68 valence electrons. The van der Waals surface area contributed by atoms with Gasteiger partial charge in [0.25, 0.3) is 0 Å². The number of thioether (sulfide) groups is 1. The minimum absolute atomic E-state index is 0.131. The molecule has 3 heteroatoms. The van der Waals surface area contributed by atoms with Gasteiger partial charge in [-0.2, -0.15) is 11.8 Å². The largest absolute Gasteiger partial charge is 0.490 e. The Hall–Kier alpha value is -0.440. The molecule has 1 heterocycles. The number of Topliss-reactive ketones (excluding diaryl/α,β-unsaturated/α-hetero) is 1. The topological polar surface area (TPSA) is 26.3 Å². The van der Waals surface area contributed by atoms with Crippen LogP contribution in [-0.2, 0) is 9.53 Å². The molecule has 0 saturated carbocycles. The van der Waals surface area contributed by atoms with Crippen molar-refractivity contribution >= 4 is 17.5 Å². The number of carbonyl (C=O) groups excluding carboxylic acids is 1. The number of rotatable bonds is 4. The van der Waals surface area contributed by atoms with Crippen molar-refractivity contribution in [1.29, 1.82) is 0 Å². The first-order valence-corrected chi connectivity index (χ1v) is 5.23. The van der Waals surface area contributed by atoms with Gasteiger partial charge in [-0.05, 0) is 11.3 Å². The highest BCUT2D eigenvalue weighted by atomic mass is 32.2. The molecule has 0 aliphatic carbocycles. The van der Waals surface area contributed by atoms with E-state index in [0.717, 1.165) is 6.42 Å². The van der Waals surface area contributed by atoms with E-state index in [0.29, 0.717) is 23.4 Å². The summed E-state index contributed by atoms with van der Waals surface area (Å²) in [4.78, 5) is 11.3. The molecule has 0 spiro atoms. The number of hydrogen-bond donors (Lipinski definition) is 0. The molecule has 0 atom stereocenters. The van der Waals surface area contributed by atoms with E-state index in [4.69, 9.17) is 4.74 Å². The van der Waals surface area contributed by atoms with Gasteiger partial charge in [0.1, 0.15) is 0 Å². The second-order valence-corrected chi connectivity index (χ2v) is 4.55. The van der Waals surface area contributed by atoms with Crippen LogP contribution in [0.15, 0.2) is 11.8 Å². The van der Waals surface area contributed by atoms with Gasteiger partial charge in [-0.3, -0.25) is 4.79 Å². The molecule has 0 radical (unpaired) electrons. The maximum Gasteiger partial charge on any atom is 0.206 e. The Morgan fingerprint density at radius 3 is 3.00 bits per heavy atom. The first-order valence-electron chi connectivity index (χ1n) is 4.18. The van der Waals surface area contributed by atoms with Gasteiger partial charge < -0.3 is 4.74 Å². The predicted molar refractivity (Wildman–Crippen MR) is 51.3 cm³/mol. The van der Waals surface area contributed by atoms with Gasteiger partial charge in [0.2, 0.25) is 5.78 Å². The lowest BCUT2D eigenvalue weighted by atomic mass is 10.3. The van der Waals surface area contributed by atoms with Crippen molar-refractivity contribution in [2.45, 2.75) is 25.5 Å². The van der Waals surface area contributed by atoms with Gasteiger partial charge in [0.05, 0.1) is 12.4 Å². The molecule has 12 heavy (non-hydrogen) atoms. The molecule has 0 N–H and O–H groups in total. The fourth-order valence-corrected chi connectivity index (χ4v) is 1.55. The van der Waals surface area contributed by atoms with Gasteiger partial charge in [-0.25, -0.2) is 0 Å². The molecule has 1 rings (SSSR count). The van der Waals surface area contributed by atoms with Crippen LogP contribution >= 0.6 is 11.8 Å². The van der Waals surface area contributed by atoms with Crippen molar-refractivity contribution in [1.82, 2.24) is 0 Å². The fraction of sp³-hybridized carbons (Fsp3) is 0.667. The molecule has 0 fully saturated rings. The van der Waals surface area contributed by atoms with E-state index in [1.807, 2.05) is 6.08 Å². The van der Waals surface area contributed by atoms with Crippen LogP contribution in [0.3, 0.4) is 0 Å². The molecule has 0 aromatic heterocycles. The lowest BCUT2D eigenvalue weighted by Gasteiger charge is -2.04. The number of carbonyl (C=O) groups is 1. The second-order valence-electron chi connectivity index (χ2n) is 2.99. The lowest BCUT2D eigenvalue weighted by Crippen LogP contribution is -2.07. The fourth-order valence-electron chi connectivity index (χ4n) is 0.926. The van der Waals surface area contributed by atoms with E-state index < -0.39 is 0 Å². The van der Waals surface area contributed by atoms with E-state index in [1.54, 1.807) is 11.8 Å². The highest BCUT2D eigenvalue weighted by Gasteiger charge is 2.14. The van der Waals surface area contributed by atoms with Gasteiger partial charge in [0, 0.05) is 6.42 Å². The summed E-state index contributed by atoms with van der Waals surface area (Å²) in [5.74, 6) is 1.25. The SMILES string of the molecule is CC(C)SCC(=O)C1=CCCO1. The molecule has 1 aliphatic rings. The average molecular weight is 186 g/mol. The van der Waals surface area contributed by atoms with E-state index in [-0.39, 0.29) is 5.78 Å². The Bertz CT molecular complexity index is 197. The van der Waals surface area contributed by atoms with Crippen molar-refractivity contribution in [3.05, 3.63) is 11.8 Å². The van der Waals surface area contributed by atoms with E-state index in [2.05, 4.69) is 13.8 Å². The maximum absolute atomic E-state index is 11.3. The second kappa shape index (κ2) is 4.55. The Morgan fingerprint density at radius 2 is 2.50 bits per heavy atom. The number of ketones is 1. The summed E-state index contributed by atoms with van der Waals surface area (Å²) in [7, 11) is 0. The summed E-state index contributed by atoms with van der Waals surface area (Å²) in [5.41, 5.74) is 0. The summed E-state index contributed by atoms with van der Waals surface area (Å²) < 4.78 is 5.15. The Kier molecular flexibility index (Phi) is 3.66. The number of allylic oxidation sites excluding steroid dienone is 1. The van der Waals surface area contributed by atoms with Crippen molar-refractivity contribution < 1.29 is 9.53 Å². The molecule has 1 aliphatic heterocycles. The minimum Gasteiger partial charge on any atom is -0.490 e. The van der Waals surface area contributed by atoms with E-state index in [9.17, 15) is 4.79 Å². The summed E-state index contributed by atoms with van der Waals surface area (Å²) in [5, 5.41) is 0.510. The van der Waals surface area contributed by atoms with E-state index in [1.165, 1.54) is 0 Å². The third-order valence-corrected chi connectivity index (χ3v) is 2.62. The van der Waals surface area contributed by atoms with Crippen LogP contribution in [-0.4, -0.2) is 23.4 Å². The van der Waals surface area contributed by atoms with Gasteiger partial charge in [-0.15, -0.1) is 0 Å². The first kappa shape index (κ1) is 9.65. The van der Waals surface area contributed by atoms with Crippen LogP contribution in [0.1, 0.15) is 20.3 Å². The standard InChI is InChI=1S/C9H14O2S/c1-7(2)12-6-8(10)9-4-3-5-11-9/h4,7H,3,5-6H2,1-2H3. The van der Waals surface area contributed by atoms with Crippen molar-refractivity contribution in [3.63, 3.8) is 0 Å². The molecule has 0 aromatic rings. The van der Waals surface area contributed by atoms with Gasteiger partial charge >= 0.3 is 0 Å². The monoisotopic (exact) mass is 186 g/mol.